The molecule has 5 nitrogen and oxygen atoms in total. The summed E-state index contributed by atoms with van der Waals surface area (Å²) in [6, 6.07) is 3.69. The molecule has 1 saturated carbocycles. The second-order valence-electron chi connectivity index (χ2n) is 6.02. The lowest BCUT2D eigenvalue weighted by molar-refractivity contribution is -0.132. The number of halogens is 4. The molecule has 1 aliphatic carbocycles. The lowest BCUT2D eigenvalue weighted by Gasteiger charge is -2.13. The van der Waals surface area contributed by atoms with Crippen LogP contribution in [0.4, 0.5) is 13.2 Å². The molecule has 1 aromatic heterocycles. The summed E-state index contributed by atoms with van der Waals surface area (Å²) in [5.74, 6) is 0.966. The number of hydrogen-bond donors (Lipinski definition) is 2. The van der Waals surface area contributed by atoms with Crippen molar-refractivity contribution in [1.29, 1.82) is 0 Å². The van der Waals surface area contributed by atoms with Gasteiger partial charge in [-0.2, -0.15) is 13.2 Å². The van der Waals surface area contributed by atoms with Gasteiger partial charge in [0.1, 0.15) is 6.10 Å². The molecule has 0 atom stereocenters. The van der Waals surface area contributed by atoms with Crippen LogP contribution in [0.25, 0.3) is 0 Å². The molecule has 1 heterocycles. The van der Waals surface area contributed by atoms with Gasteiger partial charge in [-0.3, -0.25) is 0 Å². The van der Waals surface area contributed by atoms with E-state index in [1.165, 1.54) is 12.8 Å². The maximum atomic E-state index is 12.2. The molecular weight excluding hydrogens is 460 g/mol. The van der Waals surface area contributed by atoms with E-state index < -0.39 is 12.6 Å². The van der Waals surface area contributed by atoms with Gasteiger partial charge < -0.3 is 15.4 Å². The van der Waals surface area contributed by atoms with Crippen molar-refractivity contribution < 1.29 is 17.9 Å². The summed E-state index contributed by atoms with van der Waals surface area (Å²) < 4.78 is 42.4. The minimum Gasteiger partial charge on any atom is -0.474 e. The quantitative estimate of drug-likeness (QED) is 0.347. The Morgan fingerprint density at radius 1 is 1.27 bits per heavy atom. The number of alkyl halides is 3. The van der Waals surface area contributed by atoms with E-state index in [9.17, 15) is 13.2 Å². The van der Waals surface area contributed by atoms with Crippen molar-refractivity contribution in [2.24, 2.45) is 4.99 Å². The predicted octanol–water partition coefficient (Wildman–Crippen LogP) is 4.03. The Labute approximate surface area is 169 Å². The molecule has 0 unspecified atom stereocenters. The highest BCUT2D eigenvalue weighted by atomic mass is 127. The zero-order chi connectivity index (χ0) is 18.1. The number of hydrogen-bond acceptors (Lipinski definition) is 3. The van der Waals surface area contributed by atoms with Gasteiger partial charge >= 0.3 is 6.18 Å². The second-order valence-corrected chi connectivity index (χ2v) is 6.02. The molecule has 9 heteroatoms. The molecule has 1 aliphatic rings. The average molecular weight is 486 g/mol. The summed E-state index contributed by atoms with van der Waals surface area (Å²) in [6.07, 6.45) is 1.42. The Kier molecular flexibility index (Phi) is 10.0. The fourth-order valence-electron chi connectivity index (χ4n) is 2.59. The van der Waals surface area contributed by atoms with Gasteiger partial charge in [-0.1, -0.05) is 6.07 Å². The summed E-state index contributed by atoms with van der Waals surface area (Å²) >= 11 is 0. The summed E-state index contributed by atoms with van der Waals surface area (Å²) in [5.41, 5.74) is 0.867. The molecule has 1 fully saturated rings. The Hall–Kier alpha value is -1.26. The van der Waals surface area contributed by atoms with E-state index in [4.69, 9.17) is 4.74 Å². The number of aliphatic imine (C=N–C) groups is 1. The first kappa shape index (κ1) is 22.8. The first-order valence-electron chi connectivity index (χ1n) is 8.67. The number of nitrogens with zero attached hydrogens (tertiary/aromatic N) is 2. The van der Waals surface area contributed by atoms with Crippen LogP contribution in [0.1, 0.15) is 44.6 Å². The van der Waals surface area contributed by atoms with Crippen molar-refractivity contribution in [3.63, 3.8) is 0 Å². The van der Waals surface area contributed by atoms with E-state index in [1.54, 1.807) is 6.20 Å². The van der Waals surface area contributed by atoms with E-state index in [2.05, 4.69) is 20.6 Å². The first-order valence-corrected chi connectivity index (χ1v) is 8.67. The van der Waals surface area contributed by atoms with Gasteiger partial charge in [-0.05, 0) is 38.2 Å². The Balaban J connectivity index is 0.00000338. The highest BCUT2D eigenvalue weighted by Gasteiger charge is 2.26. The monoisotopic (exact) mass is 486 g/mol. The predicted molar refractivity (Wildman–Crippen MR) is 106 cm³/mol. The van der Waals surface area contributed by atoms with Crippen molar-refractivity contribution in [1.82, 2.24) is 15.6 Å². The van der Waals surface area contributed by atoms with E-state index in [0.29, 0.717) is 24.9 Å². The molecule has 2 N–H and O–H groups in total. The molecule has 26 heavy (non-hydrogen) atoms. The van der Waals surface area contributed by atoms with Crippen molar-refractivity contribution in [2.75, 3.05) is 13.1 Å². The molecule has 148 valence electrons. The summed E-state index contributed by atoms with van der Waals surface area (Å²) in [5, 5.41) is 5.61. The highest BCUT2D eigenvalue weighted by molar-refractivity contribution is 14.0. The number of rotatable bonds is 7. The van der Waals surface area contributed by atoms with Crippen molar-refractivity contribution in [3.05, 3.63) is 23.9 Å². The molecule has 0 amide bonds. The SMILES string of the molecule is CCNC(=NCc1ccc(OC2CCCC2)nc1)NCCC(F)(F)F.I. The van der Waals surface area contributed by atoms with Crippen molar-refractivity contribution >= 4 is 29.9 Å². The maximum absolute atomic E-state index is 12.2. The van der Waals surface area contributed by atoms with Crippen molar-refractivity contribution in [3.8, 4) is 5.88 Å². The third-order valence-corrected chi connectivity index (χ3v) is 3.85. The van der Waals surface area contributed by atoms with Crippen LogP contribution >= 0.6 is 24.0 Å². The molecule has 0 spiro atoms. The van der Waals surface area contributed by atoms with E-state index in [0.717, 1.165) is 18.4 Å². The molecule has 0 saturated heterocycles. The van der Waals surface area contributed by atoms with Crippen LogP contribution in [0.3, 0.4) is 0 Å². The lowest BCUT2D eigenvalue weighted by atomic mass is 10.3. The normalized spacial score (nSPS) is 15.5. The number of ether oxygens (including phenoxy) is 1. The third kappa shape index (κ3) is 8.91. The van der Waals surface area contributed by atoms with Crippen LogP contribution in [-0.2, 0) is 6.54 Å². The number of aromatic nitrogens is 1. The molecule has 0 aliphatic heterocycles. The largest absolute Gasteiger partial charge is 0.474 e. The van der Waals surface area contributed by atoms with Crippen LogP contribution in [0.2, 0.25) is 0 Å². The van der Waals surface area contributed by atoms with Crippen LogP contribution in [0, 0.1) is 0 Å². The fourth-order valence-corrected chi connectivity index (χ4v) is 2.59. The average Bonchev–Trinajstić information content (AvgIpc) is 3.06. The van der Waals surface area contributed by atoms with Gasteiger partial charge in [0.05, 0.1) is 13.0 Å². The van der Waals surface area contributed by atoms with Gasteiger partial charge in [0.25, 0.3) is 0 Å². The van der Waals surface area contributed by atoms with Gasteiger partial charge in [0, 0.05) is 25.4 Å². The summed E-state index contributed by atoms with van der Waals surface area (Å²) in [7, 11) is 0. The smallest absolute Gasteiger partial charge is 0.390 e. The minimum atomic E-state index is -4.18. The molecular formula is C17H26F3IN4O. The molecule has 0 bridgehead atoms. The van der Waals surface area contributed by atoms with Crippen molar-refractivity contribution in [2.45, 2.75) is 57.9 Å². The zero-order valence-corrected chi connectivity index (χ0v) is 17.1. The topological polar surface area (TPSA) is 58.5 Å². The molecule has 1 aromatic rings. The number of guanidine groups is 1. The Bertz CT molecular complexity index is 546. The standard InChI is InChI=1S/C17H25F3N4O.HI/c1-2-21-16(22-10-9-17(18,19)20)24-12-13-7-8-15(23-11-13)25-14-5-3-4-6-14;/h7-8,11,14H,2-6,9-10,12H2,1H3,(H2,21,22,24);1H. The Morgan fingerprint density at radius 2 is 2.00 bits per heavy atom. The number of pyridine rings is 1. The number of nitrogens with one attached hydrogen (secondary N) is 2. The molecule has 2 rings (SSSR count). The molecule has 0 radical (unpaired) electrons. The van der Waals surface area contributed by atoms with Gasteiger partial charge in [0.2, 0.25) is 5.88 Å². The molecule has 0 aromatic carbocycles. The van der Waals surface area contributed by atoms with Crippen LogP contribution < -0.4 is 15.4 Å². The fraction of sp³-hybridized carbons (Fsp3) is 0.647. The van der Waals surface area contributed by atoms with E-state index in [-0.39, 0.29) is 36.6 Å². The first-order chi connectivity index (χ1) is 12.0. The third-order valence-electron chi connectivity index (χ3n) is 3.85. The zero-order valence-electron chi connectivity index (χ0n) is 14.8. The van der Waals surface area contributed by atoms with E-state index >= 15 is 0 Å². The van der Waals surface area contributed by atoms with Gasteiger partial charge in [0.15, 0.2) is 5.96 Å². The second kappa shape index (κ2) is 11.5. The lowest BCUT2D eigenvalue weighted by Crippen LogP contribution is -2.38. The van der Waals surface area contributed by atoms with Gasteiger partial charge in [-0.25, -0.2) is 9.98 Å². The highest BCUT2D eigenvalue weighted by Crippen LogP contribution is 2.23. The van der Waals surface area contributed by atoms with Gasteiger partial charge in [-0.15, -0.1) is 24.0 Å². The van der Waals surface area contributed by atoms with Crippen LogP contribution in [0.15, 0.2) is 23.3 Å². The minimum absolute atomic E-state index is 0. The summed E-state index contributed by atoms with van der Waals surface area (Å²) in [4.78, 5) is 8.56. The van der Waals surface area contributed by atoms with Crippen LogP contribution in [-0.4, -0.2) is 36.3 Å². The maximum Gasteiger partial charge on any atom is 0.390 e. The Morgan fingerprint density at radius 3 is 2.58 bits per heavy atom. The van der Waals surface area contributed by atoms with E-state index in [1.807, 2.05) is 19.1 Å². The van der Waals surface area contributed by atoms with Crippen LogP contribution in [0.5, 0.6) is 5.88 Å². The summed E-state index contributed by atoms with van der Waals surface area (Å²) in [6.45, 7) is 2.56.